The van der Waals surface area contributed by atoms with Crippen LogP contribution in [0.2, 0.25) is 0 Å². The molecular weight excluding hydrogens is 378 g/mol. The molecule has 0 unspecified atom stereocenters. The Morgan fingerprint density at radius 1 is 1.00 bits per heavy atom. The van der Waals surface area contributed by atoms with Gasteiger partial charge in [0, 0.05) is 48.7 Å². The van der Waals surface area contributed by atoms with Crippen molar-refractivity contribution >= 4 is 22.9 Å². The van der Waals surface area contributed by atoms with Crippen LogP contribution >= 0.6 is 11.3 Å². The van der Waals surface area contributed by atoms with E-state index in [1.807, 2.05) is 0 Å². The summed E-state index contributed by atoms with van der Waals surface area (Å²) in [4.78, 5) is 19.3. The van der Waals surface area contributed by atoms with Gasteiger partial charge >= 0.3 is 0 Å². The monoisotopic (exact) mass is 411 g/mol. The van der Waals surface area contributed by atoms with Crippen molar-refractivity contribution in [1.29, 1.82) is 0 Å². The van der Waals surface area contributed by atoms with Gasteiger partial charge in [0.05, 0.1) is 6.04 Å². The van der Waals surface area contributed by atoms with Gasteiger partial charge in [-0.2, -0.15) is 0 Å². The van der Waals surface area contributed by atoms with Crippen LogP contribution in [-0.2, 0) is 4.79 Å². The molecule has 0 radical (unpaired) electrons. The third-order valence-electron chi connectivity index (χ3n) is 6.48. The van der Waals surface area contributed by atoms with Gasteiger partial charge in [0.1, 0.15) is 0 Å². The maximum atomic E-state index is 12.9. The molecule has 1 saturated carbocycles. The molecule has 5 heteroatoms. The predicted molar refractivity (Wildman–Crippen MR) is 121 cm³/mol. The van der Waals surface area contributed by atoms with Crippen LogP contribution in [0.1, 0.15) is 49.9 Å². The van der Waals surface area contributed by atoms with Gasteiger partial charge < -0.3 is 10.2 Å². The van der Waals surface area contributed by atoms with E-state index in [9.17, 15) is 4.79 Å². The fourth-order valence-corrected chi connectivity index (χ4v) is 5.85. The van der Waals surface area contributed by atoms with E-state index in [-0.39, 0.29) is 23.9 Å². The Labute approximate surface area is 178 Å². The van der Waals surface area contributed by atoms with Gasteiger partial charge in [-0.05, 0) is 43.3 Å². The first-order valence-corrected chi connectivity index (χ1v) is 12.0. The van der Waals surface area contributed by atoms with Crippen molar-refractivity contribution < 1.29 is 4.79 Å². The highest BCUT2D eigenvalue weighted by Crippen LogP contribution is 2.31. The van der Waals surface area contributed by atoms with Crippen LogP contribution in [0, 0.1) is 5.92 Å². The second-order valence-corrected chi connectivity index (χ2v) is 9.43. The Bertz CT molecular complexity index is 750. The largest absolute Gasteiger partial charge is 0.369 e. The molecule has 1 aromatic heterocycles. The highest BCUT2D eigenvalue weighted by atomic mass is 32.1. The number of anilines is 1. The van der Waals surface area contributed by atoms with E-state index in [1.165, 1.54) is 29.8 Å². The molecule has 156 valence electrons. The van der Waals surface area contributed by atoms with E-state index in [0.29, 0.717) is 0 Å². The van der Waals surface area contributed by atoms with Crippen LogP contribution in [0.25, 0.3) is 0 Å². The number of para-hydroxylation sites is 1. The second kappa shape index (κ2) is 9.77. The van der Waals surface area contributed by atoms with E-state index in [1.54, 1.807) is 11.3 Å². The topological polar surface area (TPSA) is 35.6 Å². The van der Waals surface area contributed by atoms with E-state index in [2.05, 4.69) is 69.9 Å². The molecule has 1 saturated heterocycles. The first-order valence-electron chi connectivity index (χ1n) is 11.1. The summed E-state index contributed by atoms with van der Waals surface area (Å²) >= 11 is 1.81. The lowest BCUT2D eigenvalue weighted by atomic mass is 9.88. The molecule has 2 fully saturated rings. The SMILES string of the molecule is C[C@@H](NC(=O)C1CCCCC1)[C@H](c1cccs1)N1CCN(c2ccccc2)CC1. The molecule has 2 atom stereocenters. The second-order valence-electron chi connectivity index (χ2n) is 8.45. The fourth-order valence-electron chi connectivity index (χ4n) is 4.89. The molecule has 0 bridgehead atoms. The van der Waals surface area contributed by atoms with Crippen LogP contribution in [0.3, 0.4) is 0 Å². The number of piperazine rings is 1. The van der Waals surface area contributed by atoms with Crippen LogP contribution in [0.5, 0.6) is 0 Å². The number of hydrogen-bond acceptors (Lipinski definition) is 4. The Morgan fingerprint density at radius 3 is 2.38 bits per heavy atom. The minimum absolute atomic E-state index is 0.117. The van der Waals surface area contributed by atoms with Gasteiger partial charge in [-0.1, -0.05) is 43.5 Å². The highest BCUT2D eigenvalue weighted by Gasteiger charge is 2.32. The van der Waals surface area contributed by atoms with Crippen LogP contribution in [0.4, 0.5) is 5.69 Å². The van der Waals surface area contributed by atoms with Crippen molar-refractivity contribution in [3.63, 3.8) is 0 Å². The van der Waals surface area contributed by atoms with E-state index in [0.717, 1.165) is 39.0 Å². The average Bonchev–Trinajstić information content (AvgIpc) is 3.30. The first kappa shape index (κ1) is 20.4. The molecule has 1 aliphatic heterocycles. The standard InChI is InChI=1S/C24H33N3OS/c1-19(25-24(28)20-9-4-2-5-10-20)23(22-13-8-18-29-22)27-16-14-26(15-17-27)21-11-6-3-7-12-21/h3,6-8,11-13,18-20,23H,2,4-5,9-10,14-17H2,1H3,(H,25,28)/t19-,23-/m1/s1. The lowest BCUT2D eigenvalue weighted by molar-refractivity contribution is -0.127. The van der Waals surface area contributed by atoms with Crippen molar-refractivity contribution in [1.82, 2.24) is 10.2 Å². The minimum Gasteiger partial charge on any atom is -0.369 e. The molecule has 4 nitrogen and oxygen atoms in total. The summed E-state index contributed by atoms with van der Waals surface area (Å²) < 4.78 is 0. The summed E-state index contributed by atoms with van der Waals surface area (Å²) in [5.74, 6) is 0.479. The van der Waals surface area contributed by atoms with Gasteiger partial charge in [0.15, 0.2) is 0 Å². The molecule has 2 aliphatic rings. The summed E-state index contributed by atoms with van der Waals surface area (Å²) in [6.07, 6.45) is 5.78. The number of carbonyl (C=O) groups is 1. The first-order chi connectivity index (χ1) is 14.2. The van der Waals surface area contributed by atoms with Crippen molar-refractivity contribution in [3.8, 4) is 0 Å². The molecule has 1 N–H and O–H groups in total. The Morgan fingerprint density at radius 2 is 1.72 bits per heavy atom. The van der Waals surface area contributed by atoms with Crippen molar-refractivity contribution in [2.24, 2.45) is 5.92 Å². The Kier molecular flexibility index (Phi) is 6.88. The van der Waals surface area contributed by atoms with Crippen molar-refractivity contribution in [2.75, 3.05) is 31.1 Å². The molecule has 4 rings (SSSR count). The van der Waals surface area contributed by atoms with E-state index in [4.69, 9.17) is 0 Å². The lowest BCUT2D eigenvalue weighted by Gasteiger charge is -2.42. The maximum Gasteiger partial charge on any atom is 0.223 e. The third-order valence-corrected chi connectivity index (χ3v) is 7.43. The van der Waals surface area contributed by atoms with Crippen LogP contribution in [-0.4, -0.2) is 43.0 Å². The quantitative estimate of drug-likeness (QED) is 0.749. The molecule has 1 aliphatic carbocycles. The predicted octanol–water partition coefficient (Wildman–Crippen LogP) is 4.70. The zero-order chi connectivity index (χ0) is 20.1. The number of benzene rings is 1. The summed E-state index contributed by atoms with van der Waals surface area (Å²) in [6, 6.07) is 15.4. The zero-order valence-corrected chi connectivity index (χ0v) is 18.2. The smallest absolute Gasteiger partial charge is 0.223 e. The van der Waals surface area contributed by atoms with Gasteiger partial charge in [-0.15, -0.1) is 11.3 Å². The number of carbonyl (C=O) groups excluding carboxylic acids is 1. The summed E-state index contributed by atoms with van der Waals surface area (Å²) in [5.41, 5.74) is 1.30. The van der Waals surface area contributed by atoms with Crippen molar-refractivity contribution in [2.45, 2.75) is 51.1 Å². The molecule has 1 amide bonds. The van der Waals surface area contributed by atoms with Gasteiger partial charge in [-0.25, -0.2) is 0 Å². The Hall–Kier alpha value is -1.85. The summed E-state index contributed by atoms with van der Waals surface area (Å²) in [5, 5.41) is 5.54. The lowest BCUT2D eigenvalue weighted by Crippen LogP contribution is -2.53. The van der Waals surface area contributed by atoms with E-state index >= 15 is 0 Å². The molecule has 1 aromatic carbocycles. The molecule has 29 heavy (non-hydrogen) atoms. The van der Waals surface area contributed by atoms with Crippen LogP contribution < -0.4 is 10.2 Å². The number of thiophene rings is 1. The number of rotatable bonds is 6. The average molecular weight is 412 g/mol. The number of nitrogens with zero attached hydrogens (tertiary/aromatic N) is 2. The van der Waals surface area contributed by atoms with Crippen molar-refractivity contribution in [3.05, 3.63) is 52.7 Å². The Balaban J connectivity index is 1.42. The van der Waals surface area contributed by atoms with Gasteiger partial charge in [0.2, 0.25) is 5.91 Å². The van der Waals surface area contributed by atoms with Gasteiger partial charge in [0.25, 0.3) is 0 Å². The maximum absolute atomic E-state index is 12.9. The minimum atomic E-state index is 0.117. The highest BCUT2D eigenvalue weighted by molar-refractivity contribution is 7.10. The molecule has 2 aromatic rings. The van der Waals surface area contributed by atoms with E-state index < -0.39 is 0 Å². The normalized spacial score (nSPS) is 20.9. The fraction of sp³-hybridized carbons (Fsp3) is 0.542. The summed E-state index contributed by atoms with van der Waals surface area (Å²) in [7, 11) is 0. The van der Waals surface area contributed by atoms with Crippen LogP contribution in [0.15, 0.2) is 47.8 Å². The molecule has 2 heterocycles. The third kappa shape index (κ3) is 5.01. The number of amides is 1. The van der Waals surface area contributed by atoms with Gasteiger partial charge in [-0.3, -0.25) is 9.69 Å². The zero-order valence-electron chi connectivity index (χ0n) is 17.4. The number of nitrogens with one attached hydrogen (secondary N) is 1. The molecular formula is C24H33N3OS. The number of hydrogen-bond donors (Lipinski definition) is 1. The summed E-state index contributed by atoms with van der Waals surface area (Å²) in [6.45, 7) is 6.27. The molecule has 0 spiro atoms.